The zero-order chi connectivity index (χ0) is 22.0. The number of benzene rings is 2. The SMILES string of the molecule is Cc1ccc(CNC(=O)c2ccc(CN3C(=O)CSc4nc(C)cc(C)c43)cc2)cc1. The Labute approximate surface area is 186 Å². The van der Waals surface area contributed by atoms with Gasteiger partial charge in [-0.15, -0.1) is 0 Å². The summed E-state index contributed by atoms with van der Waals surface area (Å²) < 4.78 is 0. The van der Waals surface area contributed by atoms with Crippen molar-refractivity contribution < 1.29 is 9.59 Å². The van der Waals surface area contributed by atoms with E-state index in [1.165, 1.54) is 17.3 Å². The minimum atomic E-state index is -0.113. The molecule has 0 aliphatic carbocycles. The average Bonchev–Trinajstić information content (AvgIpc) is 2.75. The maximum absolute atomic E-state index is 12.6. The Hall–Kier alpha value is -3.12. The molecule has 3 aromatic rings. The summed E-state index contributed by atoms with van der Waals surface area (Å²) in [6.07, 6.45) is 0. The number of fused-ring (bicyclic) bond motifs is 1. The molecule has 158 valence electrons. The van der Waals surface area contributed by atoms with Crippen LogP contribution in [0.4, 0.5) is 5.69 Å². The van der Waals surface area contributed by atoms with Crippen LogP contribution in [-0.2, 0) is 17.9 Å². The summed E-state index contributed by atoms with van der Waals surface area (Å²) in [6.45, 7) is 6.97. The molecule has 6 heteroatoms. The zero-order valence-corrected chi connectivity index (χ0v) is 18.8. The number of pyridine rings is 1. The number of rotatable bonds is 5. The molecule has 0 saturated carbocycles. The van der Waals surface area contributed by atoms with Crippen LogP contribution in [0.15, 0.2) is 59.6 Å². The third-order valence-corrected chi connectivity index (χ3v) is 6.26. The molecule has 0 spiro atoms. The highest BCUT2D eigenvalue weighted by Gasteiger charge is 2.27. The molecular formula is C25H25N3O2S. The minimum Gasteiger partial charge on any atom is -0.348 e. The quantitative estimate of drug-likeness (QED) is 0.643. The fraction of sp³-hybridized carbons (Fsp3) is 0.240. The minimum absolute atomic E-state index is 0.0752. The van der Waals surface area contributed by atoms with Gasteiger partial charge in [0.05, 0.1) is 18.0 Å². The van der Waals surface area contributed by atoms with Crippen molar-refractivity contribution in [1.29, 1.82) is 0 Å². The molecule has 0 atom stereocenters. The van der Waals surface area contributed by atoms with Gasteiger partial charge in [0.25, 0.3) is 5.91 Å². The average molecular weight is 432 g/mol. The van der Waals surface area contributed by atoms with Gasteiger partial charge in [-0.25, -0.2) is 4.98 Å². The maximum atomic E-state index is 12.6. The van der Waals surface area contributed by atoms with Crippen LogP contribution < -0.4 is 10.2 Å². The van der Waals surface area contributed by atoms with Crippen LogP contribution >= 0.6 is 11.8 Å². The number of aryl methyl sites for hydroxylation is 3. The first kappa shape index (κ1) is 21.1. The molecule has 4 rings (SSSR count). The van der Waals surface area contributed by atoms with Crippen molar-refractivity contribution >= 4 is 29.3 Å². The number of nitrogens with one attached hydrogen (secondary N) is 1. The van der Waals surface area contributed by atoms with Crippen LogP contribution in [0.5, 0.6) is 0 Å². The van der Waals surface area contributed by atoms with Crippen LogP contribution in [0.25, 0.3) is 0 Å². The molecule has 0 bridgehead atoms. The fourth-order valence-corrected chi connectivity index (χ4v) is 4.69. The van der Waals surface area contributed by atoms with Gasteiger partial charge < -0.3 is 10.2 Å². The van der Waals surface area contributed by atoms with Crippen molar-refractivity contribution in [2.75, 3.05) is 10.7 Å². The molecule has 1 N–H and O–H groups in total. The highest BCUT2D eigenvalue weighted by atomic mass is 32.2. The van der Waals surface area contributed by atoms with E-state index in [0.29, 0.717) is 24.4 Å². The van der Waals surface area contributed by atoms with E-state index in [1.807, 2.05) is 75.4 Å². The summed E-state index contributed by atoms with van der Waals surface area (Å²) in [5, 5.41) is 3.86. The monoisotopic (exact) mass is 431 g/mol. The molecule has 31 heavy (non-hydrogen) atoms. The van der Waals surface area contributed by atoms with Gasteiger partial charge in [0.2, 0.25) is 5.91 Å². The van der Waals surface area contributed by atoms with Gasteiger partial charge >= 0.3 is 0 Å². The lowest BCUT2D eigenvalue weighted by molar-refractivity contribution is -0.116. The molecule has 1 aromatic heterocycles. The summed E-state index contributed by atoms with van der Waals surface area (Å²) in [7, 11) is 0. The number of amides is 2. The Morgan fingerprint density at radius 3 is 2.42 bits per heavy atom. The van der Waals surface area contributed by atoms with E-state index >= 15 is 0 Å². The fourth-order valence-electron chi connectivity index (χ4n) is 3.66. The van der Waals surface area contributed by atoms with E-state index in [9.17, 15) is 9.59 Å². The van der Waals surface area contributed by atoms with E-state index in [1.54, 1.807) is 4.90 Å². The predicted molar refractivity (Wildman–Crippen MR) is 124 cm³/mol. The number of anilines is 1. The van der Waals surface area contributed by atoms with Gasteiger partial charge in [-0.2, -0.15) is 0 Å². The molecule has 1 aliphatic heterocycles. The molecule has 2 heterocycles. The Morgan fingerprint density at radius 2 is 1.71 bits per heavy atom. The molecule has 0 radical (unpaired) electrons. The van der Waals surface area contributed by atoms with Gasteiger partial charge in [0.15, 0.2) is 0 Å². The van der Waals surface area contributed by atoms with Crippen LogP contribution in [0.3, 0.4) is 0 Å². The molecule has 0 unspecified atom stereocenters. The highest BCUT2D eigenvalue weighted by molar-refractivity contribution is 8.00. The summed E-state index contributed by atoms with van der Waals surface area (Å²) in [5.74, 6) is 0.354. The molecule has 0 saturated heterocycles. The van der Waals surface area contributed by atoms with Crippen molar-refractivity contribution in [3.63, 3.8) is 0 Å². The lowest BCUT2D eigenvalue weighted by Gasteiger charge is -2.30. The van der Waals surface area contributed by atoms with E-state index in [0.717, 1.165) is 33.1 Å². The predicted octanol–water partition coefficient (Wildman–Crippen LogP) is 4.58. The molecule has 0 fully saturated rings. The molecule has 2 amide bonds. The number of nitrogens with zero attached hydrogens (tertiary/aromatic N) is 2. The normalized spacial score (nSPS) is 13.1. The van der Waals surface area contributed by atoms with Crippen LogP contribution in [-0.4, -0.2) is 22.6 Å². The van der Waals surface area contributed by atoms with Gasteiger partial charge in [0.1, 0.15) is 5.03 Å². The molecule has 2 aromatic carbocycles. The highest BCUT2D eigenvalue weighted by Crippen LogP contribution is 2.37. The summed E-state index contributed by atoms with van der Waals surface area (Å²) >= 11 is 1.49. The molecule has 1 aliphatic rings. The Bertz CT molecular complexity index is 1120. The molecule has 5 nitrogen and oxygen atoms in total. The Kier molecular flexibility index (Phi) is 6.09. The smallest absolute Gasteiger partial charge is 0.251 e. The third-order valence-electron chi connectivity index (χ3n) is 5.31. The molecular weight excluding hydrogens is 406 g/mol. The summed E-state index contributed by atoms with van der Waals surface area (Å²) in [4.78, 5) is 31.5. The second kappa shape index (κ2) is 8.94. The second-order valence-electron chi connectivity index (χ2n) is 7.87. The van der Waals surface area contributed by atoms with E-state index in [4.69, 9.17) is 0 Å². The number of aromatic nitrogens is 1. The largest absolute Gasteiger partial charge is 0.348 e. The summed E-state index contributed by atoms with van der Waals surface area (Å²) in [6, 6.07) is 17.5. The second-order valence-corrected chi connectivity index (χ2v) is 8.83. The van der Waals surface area contributed by atoms with Crippen molar-refractivity contribution in [3.8, 4) is 0 Å². The van der Waals surface area contributed by atoms with Crippen molar-refractivity contribution in [2.24, 2.45) is 0 Å². The topological polar surface area (TPSA) is 62.3 Å². The van der Waals surface area contributed by atoms with Gasteiger partial charge in [0, 0.05) is 17.8 Å². The lowest BCUT2D eigenvalue weighted by atomic mass is 10.1. The van der Waals surface area contributed by atoms with Crippen molar-refractivity contribution in [1.82, 2.24) is 10.3 Å². The Balaban J connectivity index is 1.45. The lowest BCUT2D eigenvalue weighted by Crippen LogP contribution is -2.35. The maximum Gasteiger partial charge on any atom is 0.251 e. The zero-order valence-electron chi connectivity index (χ0n) is 17.9. The first-order valence-electron chi connectivity index (χ1n) is 10.2. The van der Waals surface area contributed by atoms with Crippen LogP contribution in [0.1, 0.15) is 38.3 Å². The Morgan fingerprint density at radius 1 is 1.03 bits per heavy atom. The first-order chi connectivity index (χ1) is 14.9. The number of carbonyl (C=O) groups is 2. The van der Waals surface area contributed by atoms with E-state index in [2.05, 4.69) is 10.3 Å². The van der Waals surface area contributed by atoms with Gasteiger partial charge in [-0.3, -0.25) is 9.59 Å². The van der Waals surface area contributed by atoms with Gasteiger partial charge in [-0.05, 0) is 55.7 Å². The number of hydrogen-bond acceptors (Lipinski definition) is 4. The number of carbonyl (C=O) groups excluding carboxylic acids is 2. The van der Waals surface area contributed by atoms with Crippen molar-refractivity contribution in [3.05, 3.63) is 88.1 Å². The first-order valence-corrected chi connectivity index (χ1v) is 11.2. The number of hydrogen-bond donors (Lipinski definition) is 1. The van der Waals surface area contributed by atoms with E-state index < -0.39 is 0 Å². The number of thioether (sulfide) groups is 1. The standard InChI is InChI=1S/C25H25N3O2S/c1-16-4-6-19(7-5-16)13-26-24(30)21-10-8-20(9-11-21)14-28-22(29)15-31-25-23(28)17(2)12-18(3)27-25/h4-12H,13-15H2,1-3H3,(H,26,30). The van der Waals surface area contributed by atoms with Crippen LogP contribution in [0, 0.1) is 20.8 Å². The van der Waals surface area contributed by atoms with Crippen molar-refractivity contribution in [2.45, 2.75) is 38.9 Å². The van der Waals surface area contributed by atoms with E-state index in [-0.39, 0.29) is 11.8 Å². The summed E-state index contributed by atoms with van der Waals surface area (Å²) in [5.41, 5.74) is 6.74. The van der Waals surface area contributed by atoms with Gasteiger partial charge in [-0.1, -0.05) is 53.7 Å². The van der Waals surface area contributed by atoms with Crippen LogP contribution in [0.2, 0.25) is 0 Å². The third kappa shape index (κ3) is 4.80.